The van der Waals surface area contributed by atoms with Crippen LogP contribution in [0.3, 0.4) is 0 Å². The number of anilines is 1. The van der Waals surface area contributed by atoms with E-state index in [9.17, 15) is 9.18 Å². The van der Waals surface area contributed by atoms with Crippen LogP contribution in [-0.2, 0) is 4.79 Å². The number of hydrogen-bond donors (Lipinski definition) is 1. The molecule has 8 nitrogen and oxygen atoms in total. The van der Waals surface area contributed by atoms with Crippen LogP contribution in [0.4, 0.5) is 10.4 Å². The Hall–Kier alpha value is -3.49. The number of aromatic nitrogens is 3. The molecule has 0 aliphatic carbocycles. The van der Waals surface area contributed by atoms with Gasteiger partial charge in [0.25, 0.3) is 11.8 Å². The van der Waals surface area contributed by atoms with E-state index < -0.39 is 0 Å². The van der Waals surface area contributed by atoms with E-state index in [-0.39, 0.29) is 24.4 Å². The summed E-state index contributed by atoms with van der Waals surface area (Å²) in [6, 6.07) is 8.83. The van der Waals surface area contributed by atoms with Crippen LogP contribution in [0.15, 0.2) is 40.9 Å². The smallest absolute Gasteiger partial charge is 0.318 e. The molecule has 162 valence electrons. The van der Waals surface area contributed by atoms with Crippen molar-refractivity contribution in [2.24, 2.45) is 0 Å². The standard InChI is InChI=1S/C22H24FN5O3/c1-14-3-6-19(24-12-14)21-26-27-22(31-21)28-9-7-16(8-10-28)25-20(29)13-30-17-5-4-15(2)18(23)11-17/h3-6,11-12,16H,7-10,13H2,1-2H3,(H,25,29). The van der Waals surface area contributed by atoms with Crippen molar-refractivity contribution in [1.29, 1.82) is 0 Å². The Bertz CT molecular complexity index is 1050. The molecule has 0 bridgehead atoms. The number of carbonyl (C=O) groups excluding carboxylic acids is 1. The number of carbonyl (C=O) groups is 1. The van der Waals surface area contributed by atoms with Crippen LogP contribution in [-0.4, -0.2) is 46.8 Å². The number of hydrogen-bond acceptors (Lipinski definition) is 7. The van der Waals surface area contributed by atoms with E-state index >= 15 is 0 Å². The Morgan fingerprint density at radius 2 is 2.03 bits per heavy atom. The van der Waals surface area contributed by atoms with Gasteiger partial charge in [-0.05, 0) is 49.9 Å². The Kier molecular flexibility index (Phi) is 6.11. The fourth-order valence-electron chi connectivity index (χ4n) is 3.34. The number of piperidine rings is 1. The van der Waals surface area contributed by atoms with Gasteiger partial charge < -0.3 is 19.4 Å². The molecule has 1 N–H and O–H groups in total. The number of pyridine rings is 1. The molecule has 2 aromatic heterocycles. The molecule has 1 aliphatic heterocycles. The summed E-state index contributed by atoms with van der Waals surface area (Å²) in [6.07, 6.45) is 3.24. The molecule has 1 saturated heterocycles. The molecule has 3 aromatic rings. The third-order valence-electron chi connectivity index (χ3n) is 5.19. The molecule has 0 spiro atoms. The van der Waals surface area contributed by atoms with Crippen molar-refractivity contribution in [2.45, 2.75) is 32.7 Å². The van der Waals surface area contributed by atoms with E-state index in [1.165, 1.54) is 6.07 Å². The molecule has 0 radical (unpaired) electrons. The maximum absolute atomic E-state index is 13.6. The predicted molar refractivity (Wildman–Crippen MR) is 112 cm³/mol. The number of halogens is 1. The highest BCUT2D eigenvalue weighted by Crippen LogP contribution is 2.23. The summed E-state index contributed by atoms with van der Waals surface area (Å²) in [5, 5.41) is 11.2. The average Bonchev–Trinajstić information content (AvgIpc) is 3.26. The highest BCUT2D eigenvalue weighted by atomic mass is 19.1. The zero-order valence-corrected chi connectivity index (χ0v) is 17.5. The topological polar surface area (TPSA) is 93.4 Å². The summed E-state index contributed by atoms with van der Waals surface area (Å²) < 4.78 is 24.7. The summed E-state index contributed by atoms with van der Waals surface area (Å²) in [5.74, 6) is 0.135. The van der Waals surface area contributed by atoms with Gasteiger partial charge >= 0.3 is 6.01 Å². The van der Waals surface area contributed by atoms with Gasteiger partial charge in [-0.15, -0.1) is 5.10 Å². The van der Waals surface area contributed by atoms with Gasteiger partial charge in [0.2, 0.25) is 0 Å². The van der Waals surface area contributed by atoms with E-state index in [2.05, 4.69) is 20.5 Å². The maximum atomic E-state index is 13.6. The van der Waals surface area contributed by atoms with Gasteiger partial charge in [-0.2, -0.15) is 0 Å². The number of rotatable bonds is 6. The van der Waals surface area contributed by atoms with Gasteiger partial charge in [-0.25, -0.2) is 4.39 Å². The zero-order valence-electron chi connectivity index (χ0n) is 17.5. The molecule has 1 aromatic carbocycles. The predicted octanol–water partition coefficient (Wildman–Crippen LogP) is 3.05. The molecule has 4 rings (SSSR count). The van der Waals surface area contributed by atoms with Crippen molar-refractivity contribution in [1.82, 2.24) is 20.5 Å². The lowest BCUT2D eigenvalue weighted by molar-refractivity contribution is -0.123. The van der Waals surface area contributed by atoms with Crippen molar-refractivity contribution >= 4 is 11.9 Å². The van der Waals surface area contributed by atoms with Crippen molar-refractivity contribution in [3.8, 4) is 17.3 Å². The van der Waals surface area contributed by atoms with Gasteiger partial charge in [-0.3, -0.25) is 9.78 Å². The number of ether oxygens (including phenoxy) is 1. The quantitative estimate of drug-likeness (QED) is 0.649. The summed E-state index contributed by atoms with van der Waals surface area (Å²) in [5.41, 5.74) is 2.23. The first-order valence-electron chi connectivity index (χ1n) is 10.2. The number of nitrogens with zero attached hydrogens (tertiary/aromatic N) is 4. The molecule has 0 atom stereocenters. The van der Waals surface area contributed by atoms with Crippen molar-refractivity contribution in [3.63, 3.8) is 0 Å². The van der Waals surface area contributed by atoms with E-state index in [1.54, 1.807) is 25.3 Å². The fourth-order valence-corrected chi connectivity index (χ4v) is 3.34. The summed E-state index contributed by atoms with van der Waals surface area (Å²) in [6.45, 7) is 4.84. The van der Waals surface area contributed by atoms with Crippen molar-refractivity contribution in [2.75, 3.05) is 24.6 Å². The number of aryl methyl sites for hydroxylation is 2. The molecule has 1 fully saturated rings. The van der Waals surface area contributed by atoms with Crippen LogP contribution < -0.4 is 15.0 Å². The number of benzene rings is 1. The molecule has 0 saturated carbocycles. The van der Waals surface area contributed by atoms with Crippen LogP contribution in [0, 0.1) is 19.7 Å². The van der Waals surface area contributed by atoms with Crippen LogP contribution in [0.25, 0.3) is 11.6 Å². The highest BCUT2D eigenvalue weighted by Gasteiger charge is 2.24. The first-order valence-corrected chi connectivity index (χ1v) is 10.2. The van der Waals surface area contributed by atoms with Gasteiger partial charge in [0, 0.05) is 31.4 Å². The average molecular weight is 425 g/mol. The third kappa shape index (κ3) is 5.17. The lowest BCUT2D eigenvalue weighted by Gasteiger charge is -2.30. The summed E-state index contributed by atoms with van der Waals surface area (Å²) in [4.78, 5) is 18.5. The molecular formula is C22H24FN5O3. The van der Waals surface area contributed by atoms with E-state index in [1.807, 2.05) is 24.0 Å². The number of nitrogens with one attached hydrogen (secondary N) is 1. The third-order valence-corrected chi connectivity index (χ3v) is 5.19. The lowest BCUT2D eigenvalue weighted by atomic mass is 10.1. The number of amides is 1. The van der Waals surface area contributed by atoms with Crippen LogP contribution in [0.5, 0.6) is 5.75 Å². The summed E-state index contributed by atoms with van der Waals surface area (Å²) >= 11 is 0. The van der Waals surface area contributed by atoms with Crippen LogP contribution in [0.1, 0.15) is 24.0 Å². The molecule has 0 unspecified atom stereocenters. The highest BCUT2D eigenvalue weighted by molar-refractivity contribution is 5.77. The Morgan fingerprint density at radius 1 is 1.23 bits per heavy atom. The van der Waals surface area contributed by atoms with Gasteiger partial charge in [0.05, 0.1) is 0 Å². The van der Waals surface area contributed by atoms with Gasteiger partial charge in [0.1, 0.15) is 17.3 Å². The normalized spacial score (nSPS) is 14.5. The molecule has 1 aliphatic rings. The molecule has 31 heavy (non-hydrogen) atoms. The van der Waals surface area contributed by atoms with E-state index in [0.717, 1.165) is 18.4 Å². The lowest BCUT2D eigenvalue weighted by Crippen LogP contribution is -2.46. The summed E-state index contributed by atoms with van der Waals surface area (Å²) in [7, 11) is 0. The Morgan fingerprint density at radius 3 is 2.74 bits per heavy atom. The van der Waals surface area contributed by atoms with Crippen molar-refractivity contribution in [3.05, 3.63) is 53.5 Å². The fraction of sp³-hybridized carbons (Fsp3) is 0.364. The second kappa shape index (κ2) is 9.11. The van der Waals surface area contributed by atoms with Gasteiger partial charge in [-0.1, -0.05) is 17.2 Å². The van der Waals surface area contributed by atoms with Crippen LogP contribution in [0.2, 0.25) is 0 Å². The molecule has 1 amide bonds. The molecule has 3 heterocycles. The largest absolute Gasteiger partial charge is 0.484 e. The Balaban J connectivity index is 1.24. The monoisotopic (exact) mass is 425 g/mol. The van der Waals surface area contributed by atoms with Gasteiger partial charge in [0.15, 0.2) is 6.61 Å². The van der Waals surface area contributed by atoms with Crippen molar-refractivity contribution < 1.29 is 18.3 Å². The zero-order chi connectivity index (χ0) is 21.8. The molecule has 9 heteroatoms. The minimum Gasteiger partial charge on any atom is -0.484 e. The SMILES string of the molecule is Cc1ccc(-c2nnc(N3CCC(NC(=O)COc4ccc(C)c(F)c4)CC3)o2)nc1. The van der Waals surface area contributed by atoms with E-state index in [4.69, 9.17) is 9.15 Å². The second-order valence-corrected chi connectivity index (χ2v) is 7.64. The Labute approximate surface area is 179 Å². The first kappa shape index (κ1) is 20.8. The second-order valence-electron chi connectivity index (χ2n) is 7.64. The first-order chi connectivity index (χ1) is 15.0. The maximum Gasteiger partial charge on any atom is 0.318 e. The van der Waals surface area contributed by atoms with E-state index in [0.29, 0.717) is 42.0 Å². The minimum atomic E-state index is -0.354. The van der Waals surface area contributed by atoms with Crippen LogP contribution >= 0.6 is 0 Å². The minimum absolute atomic E-state index is 0.0308. The molecular weight excluding hydrogens is 401 g/mol.